The van der Waals surface area contributed by atoms with Crippen molar-refractivity contribution in [2.75, 3.05) is 39.3 Å². The van der Waals surface area contributed by atoms with Crippen LogP contribution in [0.4, 0.5) is 5.69 Å². The summed E-state index contributed by atoms with van der Waals surface area (Å²) in [6, 6.07) is 13.9. The van der Waals surface area contributed by atoms with E-state index in [1.165, 1.54) is 14.2 Å². The normalized spacial score (nSPS) is 13.9. The number of aliphatic hydroxyl groups excluding tert-OH is 1. The molecule has 2 amide bonds. The number of carbonyl (C=O) groups excluding carboxylic acids is 2. The SMILES string of the molecule is COc1ccc(N2C(=O)C(c3ccccc3)=C(N(C)CCO)C2=O)c(OC)c1. The van der Waals surface area contributed by atoms with E-state index in [9.17, 15) is 14.7 Å². The van der Waals surface area contributed by atoms with Crippen LogP contribution >= 0.6 is 0 Å². The second-order valence-corrected chi connectivity index (χ2v) is 6.22. The number of aliphatic hydroxyl groups is 1. The van der Waals surface area contributed by atoms with Gasteiger partial charge in [0.2, 0.25) is 0 Å². The molecule has 1 aliphatic rings. The fraction of sp³-hybridized carbons (Fsp3) is 0.238. The third kappa shape index (κ3) is 3.32. The van der Waals surface area contributed by atoms with Crippen LogP contribution in [0.2, 0.25) is 0 Å². The first-order valence-electron chi connectivity index (χ1n) is 8.76. The Labute approximate surface area is 163 Å². The number of imide groups is 1. The molecule has 0 saturated carbocycles. The van der Waals surface area contributed by atoms with Crippen LogP contribution in [0.25, 0.3) is 5.57 Å². The molecule has 0 bridgehead atoms. The number of hydrogen-bond acceptors (Lipinski definition) is 6. The van der Waals surface area contributed by atoms with E-state index in [1.54, 1.807) is 54.4 Å². The van der Waals surface area contributed by atoms with Gasteiger partial charge in [-0.15, -0.1) is 0 Å². The molecule has 2 aromatic rings. The summed E-state index contributed by atoms with van der Waals surface area (Å²) >= 11 is 0. The average molecular weight is 382 g/mol. The van der Waals surface area contributed by atoms with Crippen molar-refractivity contribution >= 4 is 23.1 Å². The van der Waals surface area contributed by atoms with Crippen molar-refractivity contribution in [3.8, 4) is 11.5 Å². The van der Waals surface area contributed by atoms with Crippen molar-refractivity contribution in [1.29, 1.82) is 0 Å². The van der Waals surface area contributed by atoms with Crippen molar-refractivity contribution in [1.82, 2.24) is 4.90 Å². The molecule has 7 nitrogen and oxygen atoms in total. The van der Waals surface area contributed by atoms with E-state index in [0.717, 1.165) is 4.90 Å². The molecule has 3 rings (SSSR count). The zero-order valence-electron chi connectivity index (χ0n) is 16.0. The number of rotatable bonds is 7. The molecule has 28 heavy (non-hydrogen) atoms. The monoisotopic (exact) mass is 382 g/mol. The molecule has 7 heteroatoms. The van der Waals surface area contributed by atoms with Crippen LogP contribution in [0.15, 0.2) is 54.2 Å². The Hall–Kier alpha value is -3.32. The summed E-state index contributed by atoms with van der Waals surface area (Å²) in [5, 5.41) is 9.32. The van der Waals surface area contributed by atoms with Gasteiger partial charge in [0, 0.05) is 19.7 Å². The van der Waals surface area contributed by atoms with Crippen molar-refractivity contribution in [2.24, 2.45) is 0 Å². The Balaban J connectivity index is 2.14. The largest absolute Gasteiger partial charge is 0.497 e. The molecule has 0 aromatic heterocycles. The number of nitrogens with zero attached hydrogens (tertiary/aromatic N) is 2. The van der Waals surface area contributed by atoms with Crippen LogP contribution in [0, 0.1) is 0 Å². The van der Waals surface area contributed by atoms with Gasteiger partial charge in [-0.2, -0.15) is 0 Å². The molecule has 0 fully saturated rings. The number of anilines is 1. The summed E-state index contributed by atoms with van der Waals surface area (Å²) in [6.45, 7) is 0.0771. The van der Waals surface area contributed by atoms with Gasteiger partial charge >= 0.3 is 0 Å². The summed E-state index contributed by atoms with van der Waals surface area (Å²) in [5.74, 6) is -0.0178. The molecule has 2 aromatic carbocycles. The molecule has 146 valence electrons. The van der Waals surface area contributed by atoms with E-state index in [2.05, 4.69) is 0 Å². The lowest BCUT2D eigenvalue weighted by atomic mass is 10.0. The average Bonchev–Trinajstić information content (AvgIpc) is 2.98. The molecule has 0 spiro atoms. The highest BCUT2D eigenvalue weighted by atomic mass is 16.5. The summed E-state index contributed by atoms with van der Waals surface area (Å²) in [6.07, 6.45) is 0. The van der Waals surface area contributed by atoms with Gasteiger partial charge < -0.3 is 19.5 Å². The summed E-state index contributed by atoms with van der Waals surface area (Å²) in [5.41, 5.74) is 1.50. The number of hydrogen-bond donors (Lipinski definition) is 1. The van der Waals surface area contributed by atoms with E-state index < -0.39 is 11.8 Å². The number of ether oxygens (including phenoxy) is 2. The lowest BCUT2D eigenvalue weighted by molar-refractivity contribution is -0.120. The van der Waals surface area contributed by atoms with Gasteiger partial charge in [0.15, 0.2) is 0 Å². The molecule has 1 N–H and O–H groups in total. The Morgan fingerprint density at radius 1 is 1.00 bits per heavy atom. The molecule has 1 aliphatic heterocycles. The Bertz CT molecular complexity index is 924. The van der Waals surface area contributed by atoms with E-state index in [0.29, 0.717) is 28.3 Å². The molecule has 0 radical (unpaired) electrons. The molecule has 0 atom stereocenters. The first-order valence-corrected chi connectivity index (χ1v) is 8.76. The van der Waals surface area contributed by atoms with Crippen molar-refractivity contribution in [3.05, 3.63) is 59.8 Å². The molecule has 0 aliphatic carbocycles. The summed E-state index contributed by atoms with van der Waals surface area (Å²) < 4.78 is 10.6. The minimum atomic E-state index is -0.469. The standard InChI is InChI=1S/C21H22N2O5/c1-22(11-12-24)19-18(14-7-5-4-6-8-14)20(25)23(21(19)26)16-10-9-15(27-2)13-17(16)28-3/h4-10,13,24H,11-12H2,1-3H3. The maximum atomic E-state index is 13.3. The van der Waals surface area contributed by atoms with E-state index >= 15 is 0 Å². The van der Waals surface area contributed by atoms with Crippen molar-refractivity contribution in [2.45, 2.75) is 0 Å². The quantitative estimate of drug-likeness (QED) is 0.737. The molecule has 0 unspecified atom stereocenters. The predicted molar refractivity (Wildman–Crippen MR) is 105 cm³/mol. The zero-order valence-corrected chi connectivity index (χ0v) is 16.0. The highest BCUT2D eigenvalue weighted by Crippen LogP contribution is 2.39. The second-order valence-electron chi connectivity index (χ2n) is 6.22. The van der Waals surface area contributed by atoms with Crippen LogP contribution in [-0.4, -0.2) is 56.2 Å². The molecule has 1 heterocycles. The van der Waals surface area contributed by atoms with Crippen LogP contribution in [0.5, 0.6) is 11.5 Å². The first kappa shape index (κ1) is 19.4. The zero-order chi connectivity index (χ0) is 20.3. The van der Waals surface area contributed by atoms with E-state index in [4.69, 9.17) is 9.47 Å². The Morgan fingerprint density at radius 3 is 2.32 bits per heavy atom. The Morgan fingerprint density at radius 2 is 1.71 bits per heavy atom. The topological polar surface area (TPSA) is 79.3 Å². The number of carbonyl (C=O) groups is 2. The lowest BCUT2D eigenvalue weighted by Crippen LogP contribution is -2.35. The van der Waals surface area contributed by atoms with E-state index in [1.807, 2.05) is 6.07 Å². The summed E-state index contributed by atoms with van der Waals surface area (Å²) in [7, 11) is 4.67. The van der Waals surface area contributed by atoms with Gasteiger partial charge in [-0.3, -0.25) is 9.59 Å². The number of amides is 2. The van der Waals surface area contributed by atoms with Gasteiger partial charge in [0.25, 0.3) is 11.8 Å². The number of methoxy groups -OCH3 is 2. The second kappa shape index (κ2) is 8.14. The highest BCUT2D eigenvalue weighted by molar-refractivity contribution is 6.45. The number of benzene rings is 2. The fourth-order valence-electron chi connectivity index (χ4n) is 3.19. The Kier molecular flexibility index (Phi) is 5.65. The van der Waals surface area contributed by atoms with Gasteiger partial charge in [-0.25, -0.2) is 4.90 Å². The first-order chi connectivity index (χ1) is 13.5. The van der Waals surface area contributed by atoms with Crippen LogP contribution in [0.1, 0.15) is 5.56 Å². The molecule has 0 saturated heterocycles. The lowest BCUT2D eigenvalue weighted by Gasteiger charge is -2.21. The number of likely N-dealkylation sites (N-methyl/N-ethyl adjacent to an activating group) is 1. The maximum absolute atomic E-state index is 13.3. The maximum Gasteiger partial charge on any atom is 0.282 e. The third-order valence-corrected chi connectivity index (χ3v) is 4.57. The minimum Gasteiger partial charge on any atom is -0.497 e. The smallest absolute Gasteiger partial charge is 0.282 e. The van der Waals surface area contributed by atoms with Crippen molar-refractivity contribution in [3.63, 3.8) is 0 Å². The van der Waals surface area contributed by atoms with Gasteiger partial charge in [0.1, 0.15) is 17.2 Å². The molecular weight excluding hydrogens is 360 g/mol. The predicted octanol–water partition coefficient (Wildman–Crippen LogP) is 1.91. The highest BCUT2D eigenvalue weighted by Gasteiger charge is 2.42. The van der Waals surface area contributed by atoms with Crippen molar-refractivity contribution < 1.29 is 24.2 Å². The van der Waals surface area contributed by atoms with Gasteiger partial charge in [0.05, 0.1) is 32.1 Å². The van der Waals surface area contributed by atoms with Crippen LogP contribution in [0.3, 0.4) is 0 Å². The van der Waals surface area contributed by atoms with Crippen LogP contribution < -0.4 is 14.4 Å². The van der Waals surface area contributed by atoms with Gasteiger partial charge in [-0.05, 0) is 17.7 Å². The van der Waals surface area contributed by atoms with Crippen LogP contribution in [-0.2, 0) is 9.59 Å². The van der Waals surface area contributed by atoms with Gasteiger partial charge in [-0.1, -0.05) is 30.3 Å². The summed E-state index contributed by atoms with van der Waals surface area (Å²) in [4.78, 5) is 29.3. The fourth-order valence-corrected chi connectivity index (χ4v) is 3.19. The molecular formula is C21H22N2O5. The minimum absolute atomic E-state index is 0.143. The third-order valence-electron chi connectivity index (χ3n) is 4.57. The van der Waals surface area contributed by atoms with E-state index in [-0.39, 0.29) is 18.8 Å².